The molecule has 1 rings (SSSR count). The number of aliphatic hydroxyl groups excluding tert-OH is 2. The summed E-state index contributed by atoms with van der Waals surface area (Å²) in [4.78, 5) is 10.1. The molecule has 4 nitrogen and oxygen atoms in total. The summed E-state index contributed by atoms with van der Waals surface area (Å²) in [5.74, 6) is 4.60. The second kappa shape index (κ2) is 11.1. The van der Waals surface area contributed by atoms with Crippen LogP contribution in [0.25, 0.3) is 0 Å². The molecule has 1 saturated carbocycles. The maximum absolute atomic E-state index is 10.1. The van der Waals surface area contributed by atoms with Gasteiger partial charge in [-0.3, -0.25) is 0 Å². The largest absolute Gasteiger partial charge is 1.00 e. The molecular weight excluding hydrogens is 267 g/mol. The van der Waals surface area contributed by atoms with Gasteiger partial charge >= 0.3 is 29.6 Å². The number of hydrogen-bond donors (Lipinski definition) is 2. The first-order chi connectivity index (χ1) is 9.08. The van der Waals surface area contributed by atoms with E-state index in [9.17, 15) is 20.1 Å². The molecule has 104 valence electrons. The molecule has 0 unspecified atom stereocenters. The average molecular weight is 286 g/mol. The third-order valence-corrected chi connectivity index (χ3v) is 2.77. The van der Waals surface area contributed by atoms with Gasteiger partial charge in [0.05, 0.1) is 6.10 Å². The first kappa shape index (κ1) is 19.4. The van der Waals surface area contributed by atoms with E-state index in [4.69, 9.17) is 0 Å². The molecule has 0 bridgehead atoms. The van der Waals surface area contributed by atoms with Crippen molar-refractivity contribution in [3.63, 3.8) is 0 Å². The van der Waals surface area contributed by atoms with Crippen LogP contribution in [-0.4, -0.2) is 28.4 Å². The monoisotopic (exact) mass is 286 g/mol. The van der Waals surface area contributed by atoms with Crippen molar-refractivity contribution < 1.29 is 49.7 Å². The fraction of sp³-hybridized carbons (Fsp3) is 0.533. The standard InChI is InChI=1S/C15H20O4.Na/c16-13(9-10-15(18)19)5-3-1-2-4-6-14(17)11-12-7-8-12;/h1-2,4,6,12-14,16-17H,7-11H2,(H,18,19);/q;+1/p-1/b2-1+,6-4+;/t13-,14+;/m1./s1. The zero-order valence-corrected chi connectivity index (χ0v) is 13.8. The molecule has 0 amide bonds. The minimum Gasteiger partial charge on any atom is -0.550 e. The third-order valence-electron chi connectivity index (χ3n) is 2.77. The summed E-state index contributed by atoms with van der Waals surface area (Å²) in [6.45, 7) is 0. The maximum atomic E-state index is 10.1. The van der Waals surface area contributed by atoms with E-state index in [-0.39, 0.29) is 42.4 Å². The van der Waals surface area contributed by atoms with Crippen LogP contribution in [0.3, 0.4) is 0 Å². The van der Waals surface area contributed by atoms with Gasteiger partial charge in [-0.1, -0.05) is 42.9 Å². The minimum absolute atomic E-state index is 0. The summed E-state index contributed by atoms with van der Waals surface area (Å²) in [6, 6.07) is 0. The van der Waals surface area contributed by atoms with E-state index in [1.54, 1.807) is 24.3 Å². The number of allylic oxidation sites excluding steroid dienone is 3. The predicted octanol–water partition coefficient (Wildman–Crippen LogP) is -2.84. The van der Waals surface area contributed by atoms with E-state index in [0.717, 1.165) is 6.42 Å². The summed E-state index contributed by atoms with van der Waals surface area (Å²) in [5.41, 5.74) is 0. The minimum atomic E-state index is -1.19. The van der Waals surface area contributed by atoms with Crippen molar-refractivity contribution in [2.45, 2.75) is 44.3 Å². The normalized spacial score (nSPS) is 17.3. The second-order valence-electron chi connectivity index (χ2n) is 4.71. The molecule has 0 aliphatic heterocycles. The van der Waals surface area contributed by atoms with Crippen LogP contribution in [0.1, 0.15) is 32.1 Å². The maximum Gasteiger partial charge on any atom is 1.00 e. The van der Waals surface area contributed by atoms with Gasteiger partial charge < -0.3 is 20.1 Å². The number of carboxylic acids is 1. The van der Waals surface area contributed by atoms with E-state index < -0.39 is 18.2 Å². The van der Waals surface area contributed by atoms with Gasteiger partial charge in [-0.2, -0.15) is 0 Å². The Labute approximate surface area is 141 Å². The Morgan fingerprint density at radius 1 is 1.35 bits per heavy atom. The number of carbonyl (C=O) groups excluding carboxylic acids is 1. The van der Waals surface area contributed by atoms with Gasteiger partial charge in [0.15, 0.2) is 0 Å². The van der Waals surface area contributed by atoms with Gasteiger partial charge in [0, 0.05) is 5.97 Å². The van der Waals surface area contributed by atoms with Crippen LogP contribution in [0.4, 0.5) is 0 Å². The fourth-order valence-electron chi connectivity index (χ4n) is 1.54. The number of rotatable bonds is 7. The SMILES string of the molecule is O=C([O-])CC[C@H](O)C#C/C=C/C=C/[C@H](O)CC1CC1.[Na+]. The van der Waals surface area contributed by atoms with Crippen molar-refractivity contribution in [3.8, 4) is 11.8 Å². The van der Waals surface area contributed by atoms with Crippen LogP contribution in [0.15, 0.2) is 24.3 Å². The summed E-state index contributed by atoms with van der Waals surface area (Å²) < 4.78 is 0. The zero-order chi connectivity index (χ0) is 14.1. The summed E-state index contributed by atoms with van der Waals surface area (Å²) >= 11 is 0. The smallest absolute Gasteiger partial charge is 0.550 e. The van der Waals surface area contributed by atoms with Crippen molar-refractivity contribution in [2.24, 2.45) is 5.92 Å². The molecule has 0 radical (unpaired) electrons. The molecule has 0 heterocycles. The van der Waals surface area contributed by atoms with Crippen LogP contribution >= 0.6 is 0 Å². The molecule has 5 heteroatoms. The first-order valence-electron chi connectivity index (χ1n) is 6.48. The van der Waals surface area contributed by atoms with Gasteiger partial charge in [-0.05, 0) is 31.3 Å². The Kier molecular flexibility index (Phi) is 10.8. The fourth-order valence-corrected chi connectivity index (χ4v) is 1.54. The van der Waals surface area contributed by atoms with E-state index in [1.165, 1.54) is 12.8 Å². The number of aliphatic carboxylic acids is 1. The number of aliphatic hydroxyl groups is 2. The number of carbonyl (C=O) groups is 1. The molecule has 1 fully saturated rings. The van der Waals surface area contributed by atoms with Crippen molar-refractivity contribution in [3.05, 3.63) is 24.3 Å². The van der Waals surface area contributed by atoms with Gasteiger partial charge in [0.2, 0.25) is 0 Å². The molecule has 20 heavy (non-hydrogen) atoms. The number of hydrogen-bond acceptors (Lipinski definition) is 4. The van der Waals surface area contributed by atoms with Gasteiger partial charge in [0.25, 0.3) is 0 Å². The molecule has 2 atom stereocenters. The molecular formula is C15H19NaO4. The summed E-state index contributed by atoms with van der Waals surface area (Å²) in [7, 11) is 0. The van der Waals surface area contributed by atoms with Gasteiger partial charge in [0.1, 0.15) is 6.10 Å². The Morgan fingerprint density at radius 3 is 2.65 bits per heavy atom. The van der Waals surface area contributed by atoms with Crippen molar-refractivity contribution in [1.82, 2.24) is 0 Å². The van der Waals surface area contributed by atoms with Crippen LogP contribution < -0.4 is 34.7 Å². The zero-order valence-electron chi connectivity index (χ0n) is 11.8. The van der Waals surface area contributed by atoms with Crippen molar-refractivity contribution in [1.29, 1.82) is 0 Å². The van der Waals surface area contributed by atoms with Crippen molar-refractivity contribution >= 4 is 5.97 Å². The number of carboxylic acid groups (broad SMARTS) is 1. The van der Waals surface area contributed by atoms with Crippen LogP contribution in [0, 0.1) is 17.8 Å². The molecule has 0 aromatic carbocycles. The Hall–Kier alpha value is -0.570. The molecule has 0 saturated heterocycles. The van der Waals surface area contributed by atoms with E-state index in [1.807, 2.05) is 0 Å². The Bertz CT molecular complexity index is 402. The Balaban J connectivity index is 0.00000361. The van der Waals surface area contributed by atoms with Gasteiger partial charge in [-0.15, -0.1) is 0 Å². The molecule has 1 aliphatic carbocycles. The predicted molar refractivity (Wildman–Crippen MR) is 69.7 cm³/mol. The Morgan fingerprint density at radius 2 is 2.05 bits per heavy atom. The van der Waals surface area contributed by atoms with E-state index in [2.05, 4.69) is 11.8 Å². The van der Waals surface area contributed by atoms with Crippen molar-refractivity contribution in [2.75, 3.05) is 0 Å². The van der Waals surface area contributed by atoms with Crippen LogP contribution in [0.2, 0.25) is 0 Å². The second-order valence-corrected chi connectivity index (χ2v) is 4.71. The van der Waals surface area contributed by atoms with Crippen LogP contribution in [-0.2, 0) is 4.79 Å². The van der Waals surface area contributed by atoms with E-state index >= 15 is 0 Å². The summed E-state index contributed by atoms with van der Waals surface area (Å²) in [5, 5.41) is 29.0. The molecule has 0 aromatic heterocycles. The molecule has 2 N–H and O–H groups in total. The third kappa shape index (κ3) is 11.3. The molecule has 0 aromatic rings. The average Bonchev–Trinajstić information content (AvgIpc) is 3.14. The quantitative estimate of drug-likeness (QED) is 0.300. The van der Waals surface area contributed by atoms with Crippen LogP contribution in [0.5, 0.6) is 0 Å². The van der Waals surface area contributed by atoms with E-state index in [0.29, 0.717) is 5.92 Å². The summed E-state index contributed by atoms with van der Waals surface area (Å²) in [6.07, 6.45) is 8.41. The first-order valence-corrected chi connectivity index (χ1v) is 6.48. The molecule has 1 aliphatic rings. The topological polar surface area (TPSA) is 80.6 Å². The molecule has 0 spiro atoms. The van der Waals surface area contributed by atoms with Gasteiger partial charge in [-0.25, -0.2) is 0 Å².